The van der Waals surface area contributed by atoms with Gasteiger partial charge < -0.3 is 10.1 Å². The van der Waals surface area contributed by atoms with Gasteiger partial charge >= 0.3 is 5.69 Å². The van der Waals surface area contributed by atoms with Crippen LogP contribution in [0, 0.1) is 0 Å². The number of amides is 1. The maximum absolute atomic E-state index is 13.8. The quantitative estimate of drug-likeness (QED) is 0.540. The van der Waals surface area contributed by atoms with Crippen LogP contribution in [0.25, 0.3) is 11.0 Å². The monoisotopic (exact) mass is 485 g/mol. The largest absolute Gasteiger partial charge is 0.496 e. The highest BCUT2D eigenvalue weighted by Gasteiger charge is 2.32. The van der Waals surface area contributed by atoms with E-state index >= 15 is 0 Å². The van der Waals surface area contributed by atoms with E-state index in [-0.39, 0.29) is 16.3 Å². The first-order valence-corrected chi connectivity index (χ1v) is 13.3. The molecule has 1 aliphatic carbocycles. The summed E-state index contributed by atoms with van der Waals surface area (Å²) in [5.74, 6) is -0.0856. The summed E-state index contributed by atoms with van der Waals surface area (Å²) < 4.78 is 36.0. The second-order valence-electron chi connectivity index (χ2n) is 8.57. The van der Waals surface area contributed by atoms with Crippen LogP contribution < -0.4 is 15.7 Å². The Morgan fingerprint density at radius 2 is 1.65 bits per heavy atom. The van der Waals surface area contributed by atoms with Gasteiger partial charge in [-0.25, -0.2) is 13.2 Å². The number of imidazole rings is 1. The van der Waals surface area contributed by atoms with Crippen LogP contribution in [0.2, 0.25) is 0 Å². The number of hydrogen-bond acceptors (Lipinski definition) is 5. The summed E-state index contributed by atoms with van der Waals surface area (Å²) in [6.07, 6.45) is 3.94. The van der Waals surface area contributed by atoms with Gasteiger partial charge in [0.05, 0.1) is 39.5 Å². The van der Waals surface area contributed by atoms with Gasteiger partial charge in [0, 0.05) is 13.1 Å². The molecule has 1 fully saturated rings. The van der Waals surface area contributed by atoms with Gasteiger partial charge in [-0.3, -0.25) is 13.9 Å². The summed E-state index contributed by atoms with van der Waals surface area (Å²) in [6, 6.07) is 9.96. The van der Waals surface area contributed by atoms with Crippen molar-refractivity contribution in [2.45, 2.75) is 69.2 Å². The van der Waals surface area contributed by atoms with Crippen molar-refractivity contribution in [1.29, 1.82) is 0 Å². The van der Waals surface area contributed by atoms with Gasteiger partial charge in [0.15, 0.2) is 9.84 Å². The highest BCUT2D eigenvalue weighted by atomic mass is 32.2. The molecule has 0 unspecified atom stereocenters. The number of carbonyl (C=O) groups is 1. The predicted molar refractivity (Wildman–Crippen MR) is 133 cm³/mol. The predicted octanol–water partition coefficient (Wildman–Crippen LogP) is 4.21. The van der Waals surface area contributed by atoms with Crippen LogP contribution in [0.1, 0.15) is 56.3 Å². The normalized spacial score (nSPS) is 14.9. The molecule has 182 valence electrons. The van der Waals surface area contributed by atoms with Crippen molar-refractivity contribution in [2.24, 2.45) is 0 Å². The van der Waals surface area contributed by atoms with Crippen LogP contribution in [0.3, 0.4) is 0 Å². The molecule has 34 heavy (non-hydrogen) atoms. The van der Waals surface area contributed by atoms with E-state index in [0.717, 1.165) is 19.3 Å². The number of nitrogens with one attached hydrogen (secondary N) is 1. The zero-order valence-electron chi connectivity index (χ0n) is 19.8. The lowest BCUT2D eigenvalue weighted by Crippen LogP contribution is -2.26. The van der Waals surface area contributed by atoms with Crippen molar-refractivity contribution in [3.05, 3.63) is 52.4 Å². The average Bonchev–Trinajstić information content (AvgIpc) is 3.13. The Kier molecular flexibility index (Phi) is 6.84. The highest BCUT2D eigenvalue weighted by Crippen LogP contribution is 2.35. The Morgan fingerprint density at radius 3 is 2.26 bits per heavy atom. The van der Waals surface area contributed by atoms with E-state index in [0.29, 0.717) is 48.3 Å². The molecule has 3 aromatic rings. The number of benzene rings is 2. The van der Waals surface area contributed by atoms with Crippen LogP contribution >= 0.6 is 0 Å². The van der Waals surface area contributed by atoms with E-state index in [1.807, 2.05) is 13.8 Å². The van der Waals surface area contributed by atoms with Gasteiger partial charge in [0.25, 0.3) is 5.91 Å². The summed E-state index contributed by atoms with van der Waals surface area (Å²) in [6.45, 7) is 4.56. The Labute approximate surface area is 199 Å². The van der Waals surface area contributed by atoms with Crippen molar-refractivity contribution >= 4 is 32.5 Å². The number of carbonyl (C=O) groups excluding carboxylic acids is 1. The minimum absolute atomic E-state index is 0.0607. The van der Waals surface area contributed by atoms with E-state index in [1.165, 1.54) is 7.11 Å². The highest BCUT2D eigenvalue weighted by molar-refractivity contribution is 7.92. The number of methoxy groups -OCH3 is 1. The van der Waals surface area contributed by atoms with Crippen LogP contribution in [0.15, 0.2) is 46.1 Å². The number of aryl methyl sites for hydroxylation is 2. The summed E-state index contributed by atoms with van der Waals surface area (Å²) in [7, 11) is -2.26. The first-order chi connectivity index (χ1) is 16.3. The number of rotatable bonds is 7. The summed E-state index contributed by atoms with van der Waals surface area (Å²) >= 11 is 0. The number of para-hydroxylation sites is 1. The van der Waals surface area contributed by atoms with Crippen molar-refractivity contribution in [3.63, 3.8) is 0 Å². The molecule has 1 heterocycles. The Balaban J connectivity index is 1.92. The smallest absolute Gasteiger partial charge is 0.329 e. The van der Waals surface area contributed by atoms with Gasteiger partial charge in [0.2, 0.25) is 0 Å². The molecule has 0 bridgehead atoms. The van der Waals surface area contributed by atoms with E-state index in [1.54, 1.807) is 45.5 Å². The molecule has 0 spiro atoms. The Hall–Kier alpha value is -3.07. The van der Waals surface area contributed by atoms with Gasteiger partial charge in [-0.1, -0.05) is 31.4 Å². The van der Waals surface area contributed by atoms with Crippen molar-refractivity contribution in [2.75, 3.05) is 12.4 Å². The van der Waals surface area contributed by atoms with Crippen molar-refractivity contribution in [3.8, 4) is 5.75 Å². The maximum Gasteiger partial charge on any atom is 0.329 e. The second kappa shape index (κ2) is 9.66. The number of hydrogen-bond donors (Lipinski definition) is 1. The molecule has 4 rings (SSSR count). The average molecular weight is 486 g/mol. The molecular formula is C25H31N3O5S. The molecule has 1 amide bonds. The fourth-order valence-electron chi connectivity index (χ4n) is 4.86. The molecule has 1 saturated carbocycles. The lowest BCUT2D eigenvalue weighted by Gasteiger charge is -2.23. The van der Waals surface area contributed by atoms with E-state index in [2.05, 4.69) is 5.32 Å². The number of nitrogens with zero attached hydrogens (tertiary/aromatic N) is 2. The molecule has 0 radical (unpaired) electrons. The van der Waals surface area contributed by atoms with Gasteiger partial charge in [0.1, 0.15) is 5.75 Å². The topological polar surface area (TPSA) is 99.4 Å². The zero-order valence-corrected chi connectivity index (χ0v) is 20.7. The molecule has 1 aliphatic rings. The SMILES string of the molecule is CCn1c(=O)n(CC)c2cc(S(=O)(=O)C3CCCCC3)c(NC(=O)c3ccccc3OC)cc21. The molecule has 1 aromatic heterocycles. The first-order valence-electron chi connectivity index (χ1n) is 11.8. The number of ether oxygens (including phenoxy) is 1. The summed E-state index contributed by atoms with van der Waals surface area (Å²) in [5.41, 5.74) is 1.43. The third-order valence-corrected chi connectivity index (χ3v) is 8.95. The number of sulfone groups is 1. The number of aromatic nitrogens is 2. The standard InChI is InChI=1S/C25H31N3O5S/c1-4-27-20-15-19(26-24(29)18-13-9-10-14-22(18)33-3)23(16-21(20)28(5-2)25(27)30)34(31,32)17-11-7-6-8-12-17/h9-10,13-17H,4-8,11-12H2,1-3H3,(H,26,29). The fourth-order valence-corrected chi connectivity index (χ4v) is 6.87. The minimum Gasteiger partial charge on any atom is -0.496 e. The molecule has 1 N–H and O–H groups in total. The van der Waals surface area contributed by atoms with Crippen molar-refractivity contribution < 1.29 is 17.9 Å². The van der Waals surface area contributed by atoms with Gasteiger partial charge in [-0.2, -0.15) is 0 Å². The summed E-state index contributed by atoms with van der Waals surface area (Å²) in [5, 5.41) is 2.31. The van der Waals surface area contributed by atoms with Crippen LogP contribution in [-0.2, 0) is 22.9 Å². The Morgan fingerprint density at radius 1 is 1.03 bits per heavy atom. The van der Waals surface area contributed by atoms with E-state index < -0.39 is 21.0 Å². The molecule has 0 atom stereocenters. The van der Waals surface area contributed by atoms with Crippen LogP contribution in [0.4, 0.5) is 5.69 Å². The third-order valence-electron chi connectivity index (χ3n) is 6.65. The summed E-state index contributed by atoms with van der Waals surface area (Å²) in [4.78, 5) is 26.2. The van der Waals surface area contributed by atoms with E-state index in [4.69, 9.17) is 4.74 Å². The molecule has 0 aliphatic heterocycles. The molecule has 8 nitrogen and oxygen atoms in total. The maximum atomic E-state index is 13.8. The molecule has 0 saturated heterocycles. The molecule has 9 heteroatoms. The fraction of sp³-hybridized carbons (Fsp3) is 0.440. The first kappa shape index (κ1) is 24.1. The third kappa shape index (κ3) is 4.13. The molecule has 2 aromatic carbocycles. The lowest BCUT2D eigenvalue weighted by molar-refractivity contribution is 0.102. The van der Waals surface area contributed by atoms with Crippen LogP contribution in [0.5, 0.6) is 5.75 Å². The zero-order chi connectivity index (χ0) is 24.5. The van der Waals surface area contributed by atoms with Gasteiger partial charge in [-0.15, -0.1) is 0 Å². The van der Waals surface area contributed by atoms with Crippen LogP contribution in [-0.4, -0.2) is 35.8 Å². The van der Waals surface area contributed by atoms with E-state index in [9.17, 15) is 18.0 Å². The van der Waals surface area contributed by atoms with Crippen molar-refractivity contribution in [1.82, 2.24) is 9.13 Å². The number of fused-ring (bicyclic) bond motifs is 1. The minimum atomic E-state index is -3.73. The second-order valence-corrected chi connectivity index (χ2v) is 10.8. The van der Waals surface area contributed by atoms with Gasteiger partial charge in [-0.05, 0) is 51.0 Å². The molecular weight excluding hydrogens is 454 g/mol. The lowest BCUT2D eigenvalue weighted by atomic mass is 10.0. The Bertz CT molecular complexity index is 1380. The number of anilines is 1.